The van der Waals surface area contributed by atoms with Gasteiger partial charge in [-0.3, -0.25) is 0 Å². The highest BCUT2D eigenvalue weighted by Gasteiger charge is 2.17. The summed E-state index contributed by atoms with van der Waals surface area (Å²) in [7, 11) is 0. The first-order chi connectivity index (χ1) is 6.96. The zero-order valence-corrected chi connectivity index (χ0v) is 10.4. The molecule has 0 radical (unpaired) electrons. The van der Waals surface area contributed by atoms with Gasteiger partial charge in [-0.15, -0.1) is 0 Å². The van der Waals surface area contributed by atoms with Crippen molar-refractivity contribution in [1.82, 2.24) is 0 Å². The van der Waals surface area contributed by atoms with Crippen molar-refractivity contribution in [3.05, 3.63) is 28.5 Å². The van der Waals surface area contributed by atoms with E-state index in [0.29, 0.717) is 16.7 Å². The molecule has 84 valence electrons. The highest BCUT2D eigenvalue weighted by Crippen LogP contribution is 2.26. The van der Waals surface area contributed by atoms with Crippen LogP contribution in [0.4, 0.5) is 10.1 Å². The normalized spacial score (nSPS) is 11.5. The number of para-hydroxylation sites is 1. The summed E-state index contributed by atoms with van der Waals surface area (Å²) in [6.45, 7) is 4.40. The molecule has 0 fully saturated rings. The Morgan fingerprint density at radius 1 is 1.47 bits per heavy atom. The Hall–Kier alpha value is -0.610. The molecule has 0 bridgehead atoms. The van der Waals surface area contributed by atoms with Crippen LogP contribution in [0.3, 0.4) is 0 Å². The van der Waals surface area contributed by atoms with Crippen LogP contribution >= 0.6 is 15.9 Å². The summed E-state index contributed by atoms with van der Waals surface area (Å²) >= 11 is 3.27. The second-order valence-corrected chi connectivity index (χ2v) is 5.13. The van der Waals surface area contributed by atoms with Crippen molar-refractivity contribution in [2.24, 2.45) is 5.41 Å². The number of anilines is 1. The molecule has 0 saturated heterocycles. The third-order valence-electron chi connectivity index (χ3n) is 2.13. The summed E-state index contributed by atoms with van der Waals surface area (Å²) < 4.78 is 14.1. The molecule has 0 aliphatic carbocycles. The van der Waals surface area contributed by atoms with Gasteiger partial charge in [-0.25, -0.2) is 4.39 Å². The van der Waals surface area contributed by atoms with Crippen LogP contribution < -0.4 is 5.32 Å². The number of rotatable bonds is 4. The molecule has 4 heteroatoms. The van der Waals surface area contributed by atoms with E-state index < -0.39 is 0 Å². The van der Waals surface area contributed by atoms with Gasteiger partial charge in [-0.05, 0) is 28.1 Å². The number of hydrogen-bond donors (Lipinski definition) is 2. The van der Waals surface area contributed by atoms with Gasteiger partial charge in [0.2, 0.25) is 0 Å². The van der Waals surface area contributed by atoms with Gasteiger partial charge in [0.25, 0.3) is 0 Å². The molecule has 0 unspecified atom stereocenters. The van der Waals surface area contributed by atoms with Gasteiger partial charge < -0.3 is 10.4 Å². The van der Waals surface area contributed by atoms with Gasteiger partial charge in [0.1, 0.15) is 5.82 Å². The summed E-state index contributed by atoms with van der Waals surface area (Å²) in [6, 6.07) is 4.82. The average molecular weight is 276 g/mol. The van der Waals surface area contributed by atoms with Gasteiger partial charge in [0.15, 0.2) is 0 Å². The fourth-order valence-corrected chi connectivity index (χ4v) is 1.53. The van der Waals surface area contributed by atoms with E-state index in [2.05, 4.69) is 21.2 Å². The summed E-state index contributed by atoms with van der Waals surface area (Å²) in [5.41, 5.74) is 0.181. The van der Waals surface area contributed by atoms with Gasteiger partial charge >= 0.3 is 0 Å². The maximum atomic E-state index is 13.4. The summed E-state index contributed by atoms with van der Waals surface area (Å²) in [5, 5.41) is 12.1. The molecular weight excluding hydrogens is 261 g/mol. The van der Waals surface area contributed by atoms with Crippen LogP contribution in [-0.2, 0) is 0 Å². The minimum absolute atomic E-state index is 0.0616. The molecule has 2 N–H and O–H groups in total. The minimum Gasteiger partial charge on any atom is -0.396 e. The Labute approximate surface area is 97.6 Å². The second-order valence-electron chi connectivity index (χ2n) is 4.27. The van der Waals surface area contributed by atoms with Crippen molar-refractivity contribution in [3.8, 4) is 0 Å². The third kappa shape index (κ3) is 3.47. The van der Waals surface area contributed by atoms with Crippen LogP contribution in [0.2, 0.25) is 0 Å². The van der Waals surface area contributed by atoms with Crippen LogP contribution in [0.15, 0.2) is 22.7 Å². The van der Waals surface area contributed by atoms with E-state index >= 15 is 0 Å². The molecule has 0 atom stereocenters. The number of hydrogen-bond acceptors (Lipinski definition) is 2. The Morgan fingerprint density at radius 2 is 2.13 bits per heavy atom. The lowest BCUT2D eigenvalue weighted by molar-refractivity contribution is 0.170. The molecule has 1 aromatic rings. The Morgan fingerprint density at radius 3 is 2.67 bits per heavy atom. The average Bonchev–Trinajstić information content (AvgIpc) is 2.17. The Bertz CT molecular complexity index is 321. The van der Waals surface area contributed by atoms with E-state index in [-0.39, 0.29) is 17.8 Å². The maximum absolute atomic E-state index is 13.4. The predicted molar refractivity (Wildman–Crippen MR) is 63.5 cm³/mol. The molecule has 1 aromatic carbocycles. The third-order valence-corrected chi connectivity index (χ3v) is 2.80. The van der Waals surface area contributed by atoms with Gasteiger partial charge in [0, 0.05) is 23.0 Å². The van der Waals surface area contributed by atoms with E-state index in [1.54, 1.807) is 12.1 Å². The van der Waals surface area contributed by atoms with Crippen molar-refractivity contribution in [2.75, 3.05) is 18.5 Å². The molecule has 0 saturated carbocycles. The minimum atomic E-state index is -0.293. The molecule has 0 heterocycles. The fourth-order valence-electron chi connectivity index (χ4n) is 1.05. The first kappa shape index (κ1) is 12.5. The second kappa shape index (κ2) is 4.94. The predicted octanol–water partition coefficient (Wildman–Crippen LogP) is 3.02. The first-order valence-electron chi connectivity index (χ1n) is 4.75. The lowest BCUT2D eigenvalue weighted by atomic mass is 9.95. The molecule has 0 aromatic heterocycles. The van der Waals surface area contributed by atoms with Crippen LogP contribution in [0, 0.1) is 11.2 Å². The van der Waals surface area contributed by atoms with Crippen LogP contribution in [0.1, 0.15) is 13.8 Å². The van der Waals surface area contributed by atoms with Crippen molar-refractivity contribution < 1.29 is 9.50 Å². The van der Waals surface area contributed by atoms with E-state index in [1.165, 1.54) is 6.07 Å². The first-order valence-corrected chi connectivity index (χ1v) is 5.54. The number of halogens is 2. The molecule has 15 heavy (non-hydrogen) atoms. The van der Waals surface area contributed by atoms with E-state index in [9.17, 15) is 4.39 Å². The number of aliphatic hydroxyl groups is 1. The van der Waals surface area contributed by atoms with E-state index in [4.69, 9.17) is 5.11 Å². The smallest absolute Gasteiger partial charge is 0.147 e. The zero-order chi connectivity index (χ0) is 11.5. The van der Waals surface area contributed by atoms with E-state index in [1.807, 2.05) is 13.8 Å². The van der Waals surface area contributed by atoms with Crippen molar-refractivity contribution in [3.63, 3.8) is 0 Å². The molecule has 0 aliphatic rings. The quantitative estimate of drug-likeness (QED) is 0.886. The number of aliphatic hydroxyl groups excluding tert-OH is 1. The highest BCUT2D eigenvalue weighted by molar-refractivity contribution is 9.10. The molecule has 0 aliphatic heterocycles. The summed E-state index contributed by atoms with van der Waals surface area (Å²) in [5.74, 6) is -0.293. The van der Waals surface area contributed by atoms with Crippen LogP contribution in [0.5, 0.6) is 0 Å². The van der Waals surface area contributed by atoms with Gasteiger partial charge in [-0.1, -0.05) is 19.9 Å². The lowest BCUT2D eigenvalue weighted by Gasteiger charge is -2.23. The Kier molecular flexibility index (Phi) is 4.11. The Balaban J connectivity index is 2.73. The standard InChI is InChI=1S/C11H15BrFNO/c1-11(2,7-15)6-14-10-8(12)4-3-5-9(10)13/h3-5,14-15H,6-7H2,1-2H3. The monoisotopic (exact) mass is 275 g/mol. The SMILES string of the molecule is CC(C)(CO)CNc1c(F)cccc1Br. The molecule has 1 rings (SSSR count). The maximum Gasteiger partial charge on any atom is 0.147 e. The molecule has 0 amide bonds. The number of nitrogens with one attached hydrogen (secondary N) is 1. The fraction of sp³-hybridized carbons (Fsp3) is 0.455. The number of benzene rings is 1. The van der Waals surface area contributed by atoms with Crippen molar-refractivity contribution in [1.29, 1.82) is 0 Å². The van der Waals surface area contributed by atoms with Crippen molar-refractivity contribution in [2.45, 2.75) is 13.8 Å². The highest BCUT2D eigenvalue weighted by atomic mass is 79.9. The largest absolute Gasteiger partial charge is 0.396 e. The van der Waals surface area contributed by atoms with Gasteiger partial charge in [-0.2, -0.15) is 0 Å². The van der Waals surface area contributed by atoms with Crippen molar-refractivity contribution >= 4 is 21.6 Å². The van der Waals surface area contributed by atoms with Gasteiger partial charge in [0.05, 0.1) is 5.69 Å². The topological polar surface area (TPSA) is 32.3 Å². The molecule has 2 nitrogen and oxygen atoms in total. The summed E-state index contributed by atoms with van der Waals surface area (Å²) in [6.07, 6.45) is 0. The summed E-state index contributed by atoms with van der Waals surface area (Å²) in [4.78, 5) is 0. The molecular formula is C11H15BrFNO. The lowest BCUT2D eigenvalue weighted by Crippen LogP contribution is -2.27. The zero-order valence-electron chi connectivity index (χ0n) is 8.85. The van der Waals surface area contributed by atoms with E-state index in [0.717, 1.165) is 0 Å². The van der Waals surface area contributed by atoms with Crippen LogP contribution in [-0.4, -0.2) is 18.3 Å². The van der Waals surface area contributed by atoms with Crippen LogP contribution in [0.25, 0.3) is 0 Å². The molecule has 0 spiro atoms.